The summed E-state index contributed by atoms with van der Waals surface area (Å²) in [6.45, 7) is 0.993. The van der Waals surface area contributed by atoms with Crippen molar-refractivity contribution in [2.75, 3.05) is 13.1 Å². The summed E-state index contributed by atoms with van der Waals surface area (Å²) in [6.07, 6.45) is 1.05. The van der Waals surface area contributed by atoms with E-state index in [9.17, 15) is 29.4 Å². The molecule has 0 spiro atoms. The van der Waals surface area contributed by atoms with Crippen molar-refractivity contribution >= 4 is 40.6 Å². The number of aliphatic carboxylic acids is 1. The molecule has 0 aliphatic carbocycles. The first kappa shape index (κ1) is 29.1. The molecule has 2 aromatic rings. The van der Waals surface area contributed by atoms with Crippen LogP contribution in [-0.4, -0.2) is 82.2 Å². The van der Waals surface area contributed by atoms with Gasteiger partial charge in [-0.1, -0.05) is 18.2 Å². The Kier molecular flexibility index (Phi) is 10.8. The lowest BCUT2D eigenvalue weighted by Gasteiger charge is -2.23. The Morgan fingerprint density at radius 1 is 1.11 bits per heavy atom. The third kappa shape index (κ3) is 9.09. The van der Waals surface area contributed by atoms with Crippen LogP contribution in [0.3, 0.4) is 0 Å². The molecule has 14 nitrogen and oxygen atoms in total. The molecule has 3 amide bonds. The predicted molar refractivity (Wildman–Crippen MR) is 136 cm³/mol. The Morgan fingerprint density at radius 2 is 1.81 bits per heavy atom. The van der Waals surface area contributed by atoms with Crippen molar-refractivity contribution in [3.63, 3.8) is 0 Å². The van der Waals surface area contributed by atoms with E-state index in [1.807, 2.05) is 24.3 Å². The van der Waals surface area contributed by atoms with Gasteiger partial charge in [0.2, 0.25) is 17.7 Å². The normalized spacial score (nSPS) is 14.1. The number of amides is 3. The number of carboxylic acids is 1. The zero-order valence-electron chi connectivity index (χ0n) is 20.4. The van der Waals surface area contributed by atoms with E-state index >= 15 is 0 Å². The molecule has 0 aliphatic rings. The Morgan fingerprint density at radius 3 is 2.46 bits per heavy atom. The Hall–Kier alpha value is -4.17. The Labute approximate surface area is 213 Å². The molecule has 0 radical (unpaired) electrons. The number of aromatic nitrogens is 1. The van der Waals surface area contributed by atoms with E-state index in [2.05, 4.69) is 25.9 Å². The van der Waals surface area contributed by atoms with Gasteiger partial charge in [0.05, 0.1) is 18.7 Å². The number of fused-ring (bicyclic) bond motifs is 1. The quantitative estimate of drug-likeness (QED) is 0.0735. The zero-order valence-corrected chi connectivity index (χ0v) is 20.4. The SMILES string of the molecule is CC(O)C(NC(=O)C(N)CCCN=C(N)N)C(=O)NCC(=O)NC(Cc1c[nH]c2ccccc12)C(=O)O. The van der Waals surface area contributed by atoms with Crippen LogP contribution in [0, 0.1) is 0 Å². The second kappa shape index (κ2) is 13.8. The van der Waals surface area contributed by atoms with Crippen LogP contribution in [0.15, 0.2) is 35.5 Å². The molecule has 0 bridgehead atoms. The molecule has 4 atom stereocenters. The number of nitrogens with zero attached hydrogens (tertiary/aromatic N) is 1. The van der Waals surface area contributed by atoms with Gasteiger partial charge in [-0.3, -0.25) is 19.4 Å². The number of aromatic amines is 1. The fourth-order valence-electron chi connectivity index (χ4n) is 3.56. The molecule has 14 heteroatoms. The fourth-order valence-corrected chi connectivity index (χ4v) is 3.56. The summed E-state index contributed by atoms with van der Waals surface area (Å²) < 4.78 is 0. The second-order valence-electron chi connectivity index (χ2n) is 8.52. The summed E-state index contributed by atoms with van der Waals surface area (Å²) in [7, 11) is 0. The number of nitrogens with one attached hydrogen (secondary N) is 4. The van der Waals surface area contributed by atoms with Crippen molar-refractivity contribution < 1.29 is 29.4 Å². The summed E-state index contributed by atoms with van der Waals surface area (Å²) in [5.74, 6) is -3.60. The van der Waals surface area contributed by atoms with Crippen LogP contribution in [0.25, 0.3) is 10.9 Å². The van der Waals surface area contributed by atoms with Gasteiger partial charge >= 0.3 is 5.97 Å². The summed E-state index contributed by atoms with van der Waals surface area (Å²) in [5, 5.41) is 27.4. The standard InChI is InChI=1S/C23H34N8O6/c1-12(32)19(31-20(34)15(24)6-4-8-27-23(25)26)21(35)29-11-18(33)30-17(22(36)37)9-13-10-28-16-7-3-2-5-14(13)16/h2-3,5,7,10,12,15,17,19,28,32H,4,6,8-9,11,24H2,1H3,(H,29,35)(H,30,33)(H,31,34)(H,36,37)(H4,25,26,27). The molecule has 0 saturated heterocycles. The highest BCUT2D eigenvalue weighted by Gasteiger charge is 2.28. The van der Waals surface area contributed by atoms with Crippen molar-refractivity contribution in [2.45, 2.75) is 50.4 Å². The van der Waals surface area contributed by atoms with Crippen molar-refractivity contribution in [3.05, 3.63) is 36.0 Å². The number of carbonyl (C=O) groups is 4. The first-order chi connectivity index (χ1) is 17.5. The minimum absolute atomic E-state index is 0.0203. The number of hydrogen-bond acceptors (Lipinski definition) is 7. The molecule has 0 aliphatic heterocycles. The number of para-hydroxylation sites is 1. The highest BCUT2D eigenvalue weighted by Crippen LogP contribution is 2.19. The average Bonchev–Trinajstić information content (AvgIpc) is 3.25. The molecule has 1 heterocycles. The van der Waals surface area contributed by atoms with E-state index in [0.717, 1.165) is 10.9 Å². The number of aliphatic imine (C=N–C) groups is 1. The van der Waals surface area contributed by atoms with Gasteiger partial charge in [0.25, 0.3) is 0 Å². The number of H-pyrrole nitrogens is 1. The summed E-state index contributed by atoms with van der Waals surface area (Å²) in [5.41, 5.74) is 17.8. The van der Waals surface area contributed by atoms with E-state index in [0.29, 0.717) is 12.0 Å². The topological polar surface area (TPSA) is 251 Å². The first-order valence-corrected chi connectivity index (χ1v) is 11.6. The highest BCUT2D eigenvalue weighted by molar-refractivity contribution is 5.93. The van der Waals surface area contributed by atoms with Crippen LogP contribution in [0.5, 0.6) is 0 Å². The van der Waals surface area contributed by atoms with E-state index in [1.165, 1.54) is 6.92 Å². The van der Waals surface area contributed by atoms with E-state index in [4.69, 9.17) is 17.2 Å². The zero-order chi connectivity index (χ0) is 27.5. The lowest BCUT2D eigenvalue weighted by atomic mass is 10.0. The summed E-state index contributed by atoms with van der Waals surface area (Å²) in [6, 6.07) is 3.74. The number of carboxylic acid groups (broad SMARTS) is 1. The number of aliphatic hydroxyl groups is 1. The summed E-state index contributed by atoms with van der Waals surface area (Å²) in [4.78, 5) is 55.8. The van der Waals surface area contributed by atoms with Crippen molar-refractivity contribution in [1.29, 1.82) is 0 Å². The average molecular weight is 519 g/mol. The number of benzene rings is 1. The molecule has 37 heavy (non-hydrogen) atoms. The van der Waals surface area contributed by atoms with Gasteiger partial charge in [-0.25, -0.2) is 4.79 Å². The van der Waals surface area contributed by atoms with Crippen LogP contribution in [0.4, 0.5) is 0 Å². The first-order valence-electron chi connectivity index (χ1n) is 11.6. The molecular weight excluding hydrogens is 484 g/mol. The van der Waals surface area contributed by atoms with Crippen molar-refractivity contribution in [3.8, 4) is 0 Å². The maximum atomic E-state index is 12.5. The lowest BCUT2D eigenvalue weighted by molar-refractivity contribution is -0.141. The fraction of sp³-hybridized carbons (Fsp3) is 0.435. The molecule has 0 saturated carbocycles. The van der Waals surface area contributed by atoms with Crippen molar-refractivity contribution in [2.24, 2.45) is 22.2 Å². The van der Waals surface area contributed by atoms with Gasteiger partial charge in [-0.15, -0.1) is 0 Å². The largest absolute Gasteiger partial charge is 0.480 e. The number of guanidine groups is 1. The second-order valence-corrected chi connectivity index (χ2v) is 8.52. The van der Waals surface area contributed by atoms with Gasteiger partial charge in [-0.05, 0) is 31.4 Å². The number of hydrogen-bond donors (Lipinski definition) is 9. The maximum Gasteiger partial charge on any atom is 0.326 e. The Balaban J connectivity index is 1.89. The highest BCUT2D eigenvalue weighted by atomic mass is 16.4. The maximum absolute atomic E-state index is 12.5. The van der Waals surface area contributed by atoms with E-state index in [1.54, 1.807) is 6.20 Å². The van der Waals surface area contributed by atoms with Crippen LogP contribution in [-0.2, 0) is 25.6 Å². The van der Waals surface area contributed by atoms with Gasteiger partial charge in [0, 0.05) is 30.1 Å². The van der Waals surface area contributed by atoms with Crippen LogP contribution < -0.4 is 33.2 Å². The molecule has 1 aromatic heterocycles. The van der Waals surface area contributed by atoms with Crippen LogP contribution in [0.1, 0.15) is 25.3 Å². The van der Waals surface area contributed by atoms with Crippen LogP contribution in [0.2, 0.25) is 0 Å². The van der Waals surface area contributed by atoms with Gasteiger partial charge < -0.3 is 48.3 Å². The van der Waals surface area contributed by atoms with Crippen molar-refractivity contribution in [1.82, 2.24) is 20.9 Å². The molecular formula is C23H34N8O6. The third-order valence-corrected chi connectivity index (χ3v) is 5.52. The molecule has 12 N–H and O–H groups in total. The number of rotatable bonds is 14. The van der Waals surface area contributed by atoms with Gasteiger partial charge in [0.15, 0.2) is 5.96 Å². The minimum atomic E-state index is -1.38. The molecule has 4 unspecified atom stereocenters. The minimum Gasteiger partial charge on any atom is -0.480 e. The van der Waals surface area contributed by atoms with E-state index < -0.39 is 54.5 Å². The molecule has 0 fully saturated rings. The van der Waals surface area contributed by atoms with Crippen LogP contribution >= 0.6 is 0 Å². The monoisotopic (exact) mass is 518 g/mol. The number of aliphatic hydroxyl groups excluding tert-OH is 1. The smallest absolute Gasteiger partial charge is 0.326 e. The third-order valence-electron chi connectivity index (χ3n) is 5.52. The van der Waals surface area contributed by atoms with Gasteiger partial charge in [-0.2, -0.15) is 0 Å². The molecule has 2 rings (SSSR count). The lowest BCUT2D eigenvalue weighted by Crippen LogP contribution is -2.57. The molecule has 202 valence electrons. The van der Waals surface area contributed by atoms with Gasteiger partial charge in [0.1, 0.15) is 12.1 Å². The summed E-state index contributed by atoms with van der Waals surface area (Å²) >= 11 is 0. The number of carbonyl (C=O) groups excluding carboxylic acids is 3. The Bertz CT molecular complexity index is 1130. The van der Waals surface area contributed by atoms with E-state index in [-0.39, 0.29) is 25.3 Å². The molecule has 1 aromatic carbocycles. The number of nitrogens with two attached hydrogens (primary N) is 3. The predicted octanol–water partition coefficient (Wildman–Crippen LogP) is -2.36.